The first-order valence-corrected chi connectivity index (χ1v) is 11.9. The van der Waals surface area contributed by atoms with Crippen molar-refractivity contribution in [2.75, 3.05) is 47.3 Å². The molecule has 2 fully saturated rings. The number of guanidine groups is 1. The molecule has 1 aromatic carbocycles. The van der Waals surface area contributed by atoms with Crippen LogP contribution in [0, 0.1) is 11.3 Å². The third kappa shape index (κ3) is 6.36. The van der Waals surface area contributed by atoms with Gasteiger partial charge in [0.2, 0.25) is 5.91 Å². The van der Waals surface area contributed by atoms with Gasteiger partial charge in [-0.1, -0.05) is 42.6 Å². The van der Waals surface area contributed by atoms with Crippen LogP contribution < -0.4 is 10.6 Å². The minimum atomic E-state index is -0.287. The van der Waals surface area contributed by atoms with Crippen LogP contribution in [0.5, 0.6) is 0 Å². The lowest BCUT2D eigenvalue weighted by molar-refractivity contribution is -0.138. The number of hydrogen-bond donors (Lipinski definition) is 2. The van der Waals surface area contributed by atoms with Crippen LogP contribution in [0.2, 0.25) is 5.02 Å². The molecule has 7 heteroatoms. The van der Waals surface area contributed by atoms with Crippen molar-refractivity contribution in [1.29, 1.82) is 0 Å². The number of nitrogens with zero attached hydrogens (tertiary/aromatic N) is 3. The van der Waals surface area contributed by atoms with Gasteiger partial charge in [0.1, 0.15) is 0 Å². The standard InChI is InChI=1S/C24H38ClN5O/c1-26-23(28-18-24(12-6-7-13-24)22(31)29(2)3)27-16-19-10-14-30(15-11-19)17-20-8-4-5-9-21(20)25/h4-5,8-9,19H,6-7,10-18H2,1-3H3,(H2,26,27,28). The van der Waals surface area contributed by atoms with Crippen molar-refractivity contribution >= 4 is 23.5 Å². The maximum atomic E-state index is 12.8. The van der Waals surface area contributed by atoms with Gasteiger partial charge in [0.25, 0.3) is 0 Å². The minimum absolute atomic E-state index is 0.235. The van der Waals surface area contributed by atoms with Gasteiger partial charge in [-0.2, -0.15) is 0 Å². The van der Waals surface area contributed by atoms with Crippen molar-refractivity contribution < 1.29 is 4.79 Å². The summed E-state index contributed by atoms with van der Waals surface area (Å²) in [6.07, 6.45) is 6.49. The zero-order valence-corrected chi connectivity index (χ0v) is 20.0. The van der Waals surface area contributed by atoms with E-state index in [-0.39, 0.29) is 11.3 Å². The predicted octanol–water partition coefficient (Wildman–Crippen LogP) is 3.37. The highest BCUT2D eigenvalue weighted by atomic mass is 35.5. The lowest BCUT2D eigenvalue weighted by Gasteiger charge is -2.33. The molecule has 0 bridgehead atoms. The molecule has 0 atom stereocenters. The molecule has 1 saturated heterocycles. The van der Waals surface area contributed by atoms with E-state index in [0.29, 0.717) is 12.5 Å². The summed E-state index contributed by atoms with van der Waals surface area (Å²) in [5.41, 5.74) is 0.920. The zero-order chi connectivity index (χ0) is 22.3. The van der Waals surface area contributed by atoms with Crippen molar-refractivity contribution in [2.45, 2.75) is 45.1 Å². The average Bonchev–Trinajstić information content (AvgIpc) is 3.26. The number of benzene rings is 1. The van der Waals surface area contributed by atoms with E-state index in [2.05, 4.69) is 32.7 Å². The first-order valence-electron chi connectivity index (χ1n) is 11.6. The first-order chi connectivity index (χ1) is 14.9. The highest BCUT2D eigenvalue weighted by Crippen LogP contribution is 2.38. The Hall–Kier alpha value is -1.79. The Balaban J connectivity index is 1.42. The second kappa shape index (κ2) is 11.2. The topological polar surface area (TPSA) is 60.0 Å². The number of piperidine rings is 1. The summed E-state index contributed by atoms with van der Waals surface area (Å²) in [7, 11) is 5.51. The van der Waals surface area contributed by atoms with Gasteiger partial charge < -0.3 is 15.5 Å². The van der Waals surface area contributed by atoms with Crippen molar-refractivity contribution in [1.82, 2.24) is 20.4 Å². The molecule has 172 valence electrons. The number of aliphatic imine (C=N–C) groups is 1. The minimum Gasteiger partial charge on any atom is -0.356 e. The van der Waals surface area contributed by atoms with Crippen LogP contribution in [0.4, 0.5) is 0 Å². The lowest BCUT2D eigenvalue weighted by Crippen LogP contribution is -2.50. The van der Waals surface area contributed by atoms with Crippen molar-refractivity contribution in [3.63, 3.8) is 0 Å². The van der Waals surface area contributed by atoms with Gasteiger partial charge in [0.15, 0.2) is 5.96 Å². The van der Waals surface area contributed by atoms with Crippen LogP contribution in [0.15, 0.2) is 29.3 Å². The highest BCUT2D eigenvalue weighted by molar-refractivity contribution is 6.31. The molecule has 1 saturated carbocycles. The Morgan fingerprint density at radius 2 is 1.87 bits per heavy atom. The van der Waals surface area contributed by atoms with Gasteiger partial charge >= 0.3 is 0 Å². The quantitative estimate of drug-likeness (QED) is 0.497. The van der Waals surface area contributed by atoms with Crippen LogP contribution in [0.3, 0.4) is 0 Å². The molecule has 1 aromatic rings. The maximum Gasteiger partial charge on any atom is 0.230 e. The van der Waals surface area contributed by atoms with Crippen LogP contribution in [0.25, 0.3) is 0 Å². The van der Waals surface area contributed by atoms with Gasteiger partial charge in [-0.05, 0) is 56.3 Å². The fourth-order valence-electron chi connectivity index (χ4n) is 4.92. The van der Waals surface area contributed by atoms with E-state index in [4.69, 9.17) is 11.6 Å². The molecule has 1 amide bonds. The molecule has 1 aliphatic carbocycles. The number of nitrogens with one attached hydrogen (secondary N) is 2. The summed E-state index contributed by atoms with van der Waals surface area (Å²) in [5, 5.41) is 7.79. The molecule has 1 heterocycles. The highest BCUT2D eigenvalue weighted by Gasteiger charge is 2.42. The van der Waals surface area contributed by atoms with Crippen LogP contribution in [-0.2, 0) is 11.3 Å². The van der Waals surface area contributed by atoms with Crippen LogP contribution in [-0.4, -0.2) is 69.0 Å². The van der Waals surface area contributed by atoms with Gasteiger partial charge in [0, 0.05) is 45.8 Å². The van der Waals surface area contributed by atoms with E-state index >= 15 is 0 Å². The van der Waals surface area contributed by atoms with Crippen LogP contribution in [0.1, 0.15) is 44.1 Å². The summed E-state index contributed by atoms with van der Waals surface area (Å²) in [6.45, 7) is 4.66. The average molecular weight is 448 g/mol. The molecule has 1 aliphatic heterocycles. The third-order valence-electron chi connectivity index (χ3n) is 6.86. The Bertz CT molecular complexity index is 752. The largest absolute Gasteiger partial charge is 0.356 e. The predicted molar refractivity (Wildman–Crippen MR) is 128 cm³/mol. The Labute approximate surface area is 192 Å². The molecule has 2 N–H and O–H groups in total. The SMILES string of the molecule is CN=C(NCC1CCN(Cc2ccccc2Cl)CC1)NCC1(C(=O)N(C)C)CCCC1. The smallest absolute Gasteiger partial charge is 0.230 e. The molecule has 2 aliphatic rings. The van der Waals surface area contributed by atoms with E-state index in [1.165, 1.54) is 5.56 Å². The first kappa shape index (κ1) is 23.9. The number of carbonyl (C=O) groups is 1. The van der Waals surface area contributed by atoms with Crippen molar-refractivity contribution in [2.24, 2.45) is 16.3 Å². The molecule has 0 spiro atoms. The summed E-state index contributed by atoms with van der Waals surface area (Å²) in [5.74, 6) is 1.67. The van der Waals surface area contributed by atoms with Crippen molar-refractivity contribution in [3.05, 3.63) is 34.9 Å². The number of likely N-dealkylation sites (tertiary alicyclic amines) is 1. The zero-order valence-electron chi connectivity index (χ0n) is 19.3. The summed E-state index contributed by atoms with van der Waals surface area (Å²) < 4.78 is 0. The monoisotopic (exact) mass is 447 g/mol. The number of hydrogen-bond acceptors (Lipinski definition) is 3. The van der Waals surface area contributed by atoms with Gasteiger partial charge in [-0.25, -0.2) is 0 Å². The maximum absolute atomic E-state index is 12.8. The van der Waals surface area contributed by atoms with E-state index in [9.17, 15) is 4.79 Å². The van der Waals surface area contributed by atoms with Crippen LogP contribution >= 0.6 is 11.6 Å². The summed E-state index contributed by atoms with van der Waals surface area (Å²) >= 11 is 6.32. The molecule has 0 aromatic heterocycles. The number of amides is 1. The molecule has 0 unspecified atom stereocenters. The molecule has 6 nitrogen and oxygen atoms in total. The summed E-state index contributed by atoms with van der Waals surface area (Å²) in [6, 6.07) is 8.12. The Morgan fingerprint density at radius 1 is 1.19 bits per heavy atom. The van der Waals surface area contributed by atoms with Crippen molar-refractivity contribution in [3.8, 4) is 0 Å². The van der Waals surface area contributed by atoms with Gasteiger partial charge in [0.05, 0.1) is 5.41 Å². The number of carbonyl (C=O) groups excluding carboxylic acids is 1. The van der Waals surface area contributed by atoms with E-state index in [0.717, 1.165) is 75.7 Å². The molecular weight excluding hydrogens is 410 g/mol. The second-order valence-corrected chi connectivity index (χ2v) is 9.71. The third-order valence-corrected chi connectivity index (χ3v) is 7.22. The Morgan fingerprint density at radius 3 is 2.48 bits per heavy atom. The lowest BCUT2D eigenvalue weighted by atomic mass is 9.84. The number of rotatable bonds is 7. The van der Waals surface area contributed by atoms with E-state index in [1.807, 2.05) is 26.2 Å². The molecule has 0 radical (unpaired) electrons. The fraction of sp³-hybridized carbons (Fsp3) is 0.667. The van der Waals surface area contributed by atoms with Gasteiger partial charge in [-0.3, -0.25) is 14.7 Å². The fourth-order valence-corrected chi connectivity index (χ4v) is 5.12. The van der Waals surface area contributed by atoms with E-state index in [1.54, 1.807) is 11.9 Å². The second-order valence-electron chi connectivity index (χ2n) is 9.30. The van der Waals surface area contributed by atoms with E-state index < -0.39 is 0 Å². The Kier molecular flexibility index (Phi) is 8.61. The molecular formula is C24H38ClN5O. The summed E-state index contributed by atoms with van der Waals surface area (Å²) in [4.78, 5) is 21.4. The van der Waals surface area contributed by atoms with Gasteiger partial charge in [-0.15, -0.1) is 0 Å². The number of halogens is 1. The molecule has 31 heavy (non-hydrogen) atoms. The molecule has 3 rings (SSSR count). The normalized spacial score (nSPS) is 19.9.